The summed E-state index contributed by atoms with van der Waals surface area (Å²) in [6.45, 7) is 1.23. The van der Waals surface area contributed by atoms with Gasteiger partial charge in [-0.25, -0.2) is 14.1 Å². The van der Waals surface area contributed by atoms with E-state index in [4.69, 9.17) is 4.98 Å². The van der Waals surface area contributed by atoms with Crippen LogP contribution in [-0.2, 0) is 13.1 Å². The quantitative estimate of drug-likeness (QED) is 0.580. The van der Waals surface area contributed by atoms with Gasteiger partial charge in [0.15, 0.2) is 5.65 Å². The third-order valence-corrected chi connectivity index (χ3v) is 4.76. The van der Waals surface area contributed by atoms with Crippen molar-refractivity contribution >= 4 is 22.9 Å². The van der Waals surface area contributed by atoms with Gasteiger partial charge in [0.05, 0.1) is 25.0 Å². The molecule has 0 saturated heterocycles. The van der Waals surface area contributed by atoms with Gasteiger partial charge in [0.25, 0.3) is 0 Å². The van der Waals surface area contributed by atoms with E-state index in [1.165, 1.54) is 5.56 Å². The Morgan fingerprint density at radius 1 is 1.18 bits per heavy atom. The van der Waals surface area contributed by atoms with E-state index in [9.17, 15) is 4.39 Å². The van der Waals surface area contributed by atoms with E-state index < -0.39 is 6.67 Å². The highest BCUT2D eigenvalue weighted by molar-refractivity contribution is 5.74. The van der Waals surface area contributed by atoms with E-state index in [-0.39, 0.29) is 6.54 Å². The minimum atomic E-state index is -0.449. The van der Waals surface area contributed by atoms with Gasteiger partial charge in [-0.1, -0.05) is 23.4 Å². The lowest BCUT2D eigenvalue weighted by atomic mass is 10.1. The highest BCUT2D eigenvalue weighted by Crippen LogP contribution is 2.24. The lowest BCUT2D eigenvalue weighted by molar-refractivity contribution is 0.427. The standard InChI is InChI=1S/C20H18FN7/c21-7-9-27-13-16(11-23-27)18-5-6-19-20(24-18)28(26-25-19)12-14-3-4-17-15(10-14)2-1-8-22-17/h1-6,10-11,13,22H,7-9,12H2. The molecule has 4 heterocycles. The molecule has 0 saturated carbocycles. The fourth-order valence-electron chi connectivity index (χ4n) is 3.36. The monoisotopic (exact) mass is 375 g/mol. The number of nitrogens with zero attached hydrogens (tertiary/aromatic N) is 6. The zero-order chi connectivity index (χ0) is 18.9. The Kier molecular flexibility index (Phi) is 4.08. The number of aryl methyl sites for hydroxylation is 1. The van der Waals surface area contributed by atoms with Crippen LogP contribution >= 0.6 is 0 Å². The molecule has 28 heavy (non-hydrogen) atoms. The second-order valence-corrected chi connectivity index (χ2v) is 6.67. The minimum absolute atomic E-state index is 0.239. The maximum atomic E-state index is 12.5. The van der Waals surface area contributed by atoms with Gasteiger partial charge in [0, 0.05) is 24.0 Å². The molecule has 1 aromatic carbocycles. The van der Waals surface area contributed by atoms with Gasteiger partial charge in [-0.15, -0.1) is 5.10 Å². The topological polar surface area (TPSA) is 73.5 Å². The first-order chi connectivity index (χ1) is 13.8. The molecule has 0 aliphatic carbocycles. The Morgan fingerprint density at radius 3 is 3.07 bits per heavy atom. The number of benzene rings is 1. The van der Waals surface area contributed by atoms with Crippen LogP contribution in [0.4, 0.5) is 10.1 Å². The molecule has 1 aliphatic rings. The van der Waals surface area contributed by atoms with Crippen LogP contribution in [-0.4, -0.2) is 43.0 Å². The van der Waals surface area contributed by atoms with Gasteiger partial charge in [-0.2, -0.15) is 5.10 Å². The number of aromatic nitrogens is 6. The molecule has 0 atom stereocenters. The minimum Gasteiger partial charge on any atom is -0.381 e. The number of hydrogen-bond acceptors (Lipinski definition) is 5. The second kappa shape index (κ2) is 6.88. The van der Waals surface area contributed by atoms with Crippen molar-refractivity contribution in [1.82, 2.24) is 29.8 Å². The van der Waals surface area contributed by atoms with Crippen molar-refractivity contribution in [3.63, 3.8) is 0 Å². The van der Waals surface area contributed by atoms with Crippen molar-refractivity contribution in [2.45, 2.75) is 13.1 Å². The van der Waals surface area contributed by atoms with Crippen molar-refractivity contribution in [3.05, 3.63) is 59.9 Å². The Balaban J connectivity index is 1.47. The van der Waals surface area contributed by atoms with Crippen LogP contribution in [0, 0.1) is 0 Å². The average molecular weight is 375 g/mol. The van der Waals surface area contributed by atoms with Gasteiger partial charge in [0.1, 0.15) is 12.2 Å². The zero-order valence-corrected chi connectivity index (χ0v) is 15.1. The molecule has 1 N–H and O–H groups in total. The highest BCUT2D eigenvalue weighted by atomic mass is 19.1. The normalized spacial score (nSPS) is 12.9. The maximum Gasteiger partial charge on any atom is 0.179 e. The van der Waals surface area contributed by atoms with Crippen LogP contribution < -0.4 is 5.32 Å². The summed E-state index contributed by atoms with van der Waals surface area (Å²) in [5.41, 5.74) is 6.48. The van der Waals surface area contributed by atoms with Crippen LogP contribution in [0.15, 0.2) is 48.8 Å². The molecule has 5 rings (SSSR count). The first-order valence-electron chi connectivity index (χ1n) is 9.12. The number of rotatable bonds is 5. The van der Waals surface area contributed by atoms with Crippen molar-refractivity contribution in [1.29, 1.82) is 0 Å². The molecule has 0 amide bonds. The summed E-state index contributed by atoms with van der Waals surface area (Å²) in [5, 5.41) is 16.0. The number of pyridine rings is 1. The van der Waals surface area contributed by atoms with Gasteiger partial charge >= 0.3 is 0 Å². The van der Waals surface area contributed by atoms with Gasteiger partial charge in [-0.05, 0) is 35.4 Å². The highest BCUT2D eigenvalue weighted by Gasteiger charge is 2.12. The van der Waals surface area contributed by atoms with E-state index in [1.807, 2.05) is 12.1 Å². The van der Waals surface area contributed by atoms with Crippen molar-refractivity contribution in [3.8, 4) is 11.3 Å². The van der Waals surface area contributed by atoms with Crippen LogP contribution in [0.2, 0.25) is 0 Å². The fourth-order valence-corrected chi connectivity index (χ4v) is 3.36. The predicted molar refractivity (Wildman–Crippen MR) is 106 cm³/mol. The largest absolute Gasteiger partial charge is 0.381 e. The molecule has 0 radical (unpaired) electrons. The van der Waals surface area contributed by atoms with Crippen LogP contribution in [0.5, 0.6) is 0 Å². The van der Waals surface area contributed by atoms with Crippen LogP contribution in [0.1, 0.15) is 11.1 Å². The molecule has 140 valence electrons. The molecule has 1 aliphatic heterocycles. The van der Waals surface area contributed by atoms with Crippen LogP contribution in [0.3, 0.4) is 0 Å². The number of alkyl halides is 1. The smallest absolute Gasteiger partial charge is 0.179 e. The fraction of sp³-hybridized carbons (Fsp3) is 0.200. The summed E-state index contributed by atoms with van der Waals surface area (Å²) in [6.07, 6.45) is 7.72. The van der Waals surface area contributed by atoms with E-state index in [1.54, 1.807) is 21.8 Å². The van der Waals surface area contributed by atoms with Gasteiger partial charge in [0.2, 0.25) is 0 Å². The summed E-state index contributed by atoms with van der Waals surface area (Å²) < 4.78 is 15.9. The average Bonchev–Trinajstić information content (AvgIpc) is 3.35. The first-order valence-corrected chi connectivity index (χ1v) is 9.12. The predicted octanol–water partition coefficient (Wildman–Crippen LogP) is 3.15. The molecule has 7 nitrogen and oxygen atoms in total. The Labute approximate surface area is 160 Å². The molecule has 0 unspecified atom stereocenters. The van der Waals surface area contributed by atoms with E-state index in [0.717, 1.165) is 34.6 Å². The summed E-state index contributed by atoms with van der Waals surface area (Å²) >= 11 is 0. The Bertz CT molecular complexity index is 1170. The number of halogens is 1. The molecule has 3 aromatic heterocycles. The van der Waals surface area contributed by atoms with E-state index in [2.05, 4.69) is 51.1 Å². The number of anilines is 1. The van der Waals surface area contributed by atoms with E-state index >= 15 is 0 Å². The molecular weight excluding hydrogens is 357 g/mol. The maximum absolute atomic E-state index is 12.5. The lowest BCUT2D eigenvalue weighted by Crippen LogP contribution is -2.07. The SMILES string of the molecule is FCCn1cc(-c2ccc3nnn(Cc4ccc5c(c4)C=CCN5)c3n2)cn1. The molecule has 8 heteroatoms. The van der Waals surface area contributed by atoms with Gasteiger partial charge in [-0.3, -0.25) is 4.68 Å². The second-order valence-electron chi connectivity index (χ2n) is 6.67. The Morgan fingerprint density at radius 2 is 2.14 bits per heavy atom. The van der Waals surface area contributed by atoms with Crippen LogP contribution in [0.25, 0.3) is 28.5 Å². The summed E-state index contributed by atoms with van der Waals surface area (Å²) in [7, 11) is 0. The third kappa shape index (κ3) is 3.02. The molecule has 0 bridgehead atoms. The summed E-state index contributed by atoms with van der Waals surface area (Å²) in [5.74, 6) is 0. The Hall–Kier alpha value is -3.55. The molecular formula is C20H18FN7. The van der Waals surface area contributed by atoms with Crippen molar-refractivity contribution in [2.24, 2.45) is 0 Å². The summed E-state index contributed by atoms with van der Waals surface area (Å²) in [4.78, 5) is 4.73. The van der Waals surface area contributed by atoms with Crippen molar-refractivity contribution < 1.29 is 4.39 Å². The zero-order valence-electron chi connectivity index (χ0n) is 15.1. The van der Waals surface area contributed by atoms with Crippen molar-refractivity contribution in [2.75, 3.05) is 18.5 Å². The molecule has 4 aromatic rings. The van der Waals surface area contributed by atoms with Gasteiger partial charge < -0.3 is 5.32 Å². The molecule has 0 fully saturated rings. The first kappa shape index (κ1) is 16.6. The lowest BCUT2D eigenvalue weighted by Gasteiger charge is -2.14. The third-order valence-electron chi connectivity index (χ3n) is 4.76. The molecule has 0 spiro atoms. The number of nitrogens with one attached hydrogen (secondary N) is 1. The summed E-state index contributed by atoms with van der Waals surface area (Å²) in [6, 6.07) is 10.1. The number of hydrogen-bond donors (Lipinski definition) is 1. The number of fused-ring (bicyclic) bond motifs is 2. The van der Waals surface area contributed by atoms with E-state index in [0.29, 0.717) is 12.2 Å².